The number of carbonyl (C=O) groups is 4. The zero-order chi connectivity index (χ0) is 25.3. The third-order valence-electron chi connectivity index (χ3n) is 6.01. The van der Waals surface area contributed by atoms with Gasteiger partial charge < -0.3 is 24.4 Å². The smallest absolute Gasteiger partial charge is 0.459 e. The molecule has 3 aliphatic heterocycles. The van der Waals surface area contributed by atoms with E-state index in [1.54, 1.807) is 13.0 Å². The maximum Gasteiger partial charge on any atom is 0.509 e. The molecule has 0 spiro atoms. The van der Waals surface area contributed by atoms with Crippen LogP contribution in [-0.2, 0) is 35.2 Å². The van der Waals surface area contributed by atoms with E-state index in [2.05, 4.69) is 5.32 Å². The fraction of sp³-hybridized carbons (Fsp3) is 0.455. The van der Waals surface area contributed by atoms with E-state index in [1.807, 2.05) is 0 Å². The van der Waals surface area contributed by atoms with Gasteiger partial charge >= 0.3 is 12.1 Å². The second-order valence-corrected chi connectivity index (χ2v) is 9.67. The summed E-state index contributed by atoms with van der Waals surface area (Å²) in [5, 5.41) is 13.5. The van der Waals surface area contributed by atoms with Gasteiger partial charge in [0.1, 0.15) is 19.1 Å². The Morgan fingerprint density at radius 1 is 1.31 bits per heavy atom. The van der Waals surface area contributed by atoms with Gasteiger partial charge in [0, 0.05) is 36.3 Å². The topological polar surface area (TPSA) is 154 Å². The summed E-state index contributed by atoms with van der Waals surface area (Å²) in [6, 6.07) is 4.14. The monoisotopic (exact) mass is 505 g/mol. The van der Waals surface area contributed by atoms with E-state index in [4.69, 9.17) is 14.2 Å². The molecule has 4 unspecified atom stereocenters. The molecule has 35 heavy (non-hydrogen) atoms. The van der Waals surface area contributed by atoms with Crippen molar-refractivity contribution in [2.24, 2.45) is 5.92 Å². The summed E-state index contributed by atoms with van der Waals surface area (Å²) in [5.74, 6) is -1.43. The Labute approximate surface area is 204 Å². The van der Waals surface area contributed by atoms with Crippen LogP contribution in [0, 0.1) is 16.0 Å². The Morgan fingerprint density at radius 3 is 2.63 bits per heavy atom. The van der Waals surface area contributed by atoms with Crippen LogP contribution in [0.2, 0.25) is 0 Å². The Bertz CT molecular complexity index is 1110. The van der Waals surface area contributed by atoms with E-state index >= 15 is 0 Å². The lowest BCUT2D eigenvalue weighted by Gasteiger charge is -2.49. The molecule has 4 atom stereocenters. The maximum absolute atomic E-state index is 13.1. The Kier molecular flexibility index (Phi) is 6.70. The summed E-state index contributed by atoms with van der Waals surface area (Å²) >= 11 is 1.32. The first-order valence-corrected chi connectivity index (χ1v) is 11.8. The summed E-state index contributed by atoms with van der Waals surface area (Å²) in [6.07, 6.45) is 0.948. The molecular weight excluding hydrogens is 482 g/mol. The van der Waals surface area contributed by atoms with Crippen LogP contribution in [0.4, 0.5) is 10.5 Å². The van der Waals surface area contributed by atoms with Crippen molar-refractivity contribution in [3.05, 3.63) is 50.9 Å². The highest BCUT2D eigenvalue weighted by atomic mass is 32.2. The Hall–Kier alpha value is -3.61. The SMILES string of the molecule is CC(=O)NCCSC1=CC2C(C3(C)COC(=O)O3)C(=O)N2C1C(=O)OCc1ccc([N+](=O)[O-])cc1. The molecule has 3 aliphatic rings. The number of cyclic esters (lactones) is 2. The van der Waals surface area contributed by atoms with Crippen molar-refractivity contribution in [2.75, 3.05) is 18.9 Å². The molecular formula is C22H23N3O9S. The number of hydrogen-bond donors (Lipinski definition) is 1. The van der Waals surface area contributed by atoms with Crippen molar-refractivity contribution in [3.8, 4) is 0 Å². The summed E-state index contributed by atoms with van der Waals surface area (Å²) in [4.78, 5) is 61.1. The van der Waals surface area contributed by atoms with Gasteiger partial charge in [-0.3, -0.25) is 19.7 Å². The van der Waals surface area contributed by atoms with E-state index in [-0.39, 0.29) is 30.7 Å². The van der Waals surface area contributed by atoms with Crippen molar-refractivity contribution >= 4 is 41.4 Å². The number of thioether (sulfide) groups is 1. The van der Waals surface area contributed by atoms with Crippen LogP contribution in [0.5, 0.6) is 0 Å². The molecule has 186 valence electrons. The quantitative estimate of drug-likeness (QED) is 0.172. The Balaban J connectivity index is 1.47. The Morgan fingerprint density at radius 2 is 2.03 bits per heavy atom. The van der Waals surface area contributed by atoms with Gasteiger partial charge in [-0.2, -0.15) is 0 Å². The van der Waals surface area contributed by atoms with E-state index in [0.717, 1.165) is 0 Å². The zero-order valence-electron chi connectivity index (χ0n) is 18.9. The minimum absolute atomic E-state index is 0.0688. The number of carbonyl (C=O) groups excluding carboxylic acids is 4. The van der Waals surface area contributed by atoms with Crippen molar-refractivity contribution in [3.63, 3.8) is 0 Å². The van der Waals surface area contributed by atoms with Gasteiger partial charge in [0.15, 0.2) is 11.6 Å². The number of fused-ring (bicyclic) bond motifs is 1. The number of benzene rings is 1. The van der Waals surface area contributed by atoms with Crippen LogP contribution in [0.3, 0.4) is 0 Å². The van der Waals surface area contributed by atoms with E-state index in [0.29, 0.717) is 22.8 Å². The molecule has 0 aliphatic carbocycles. The fourth-order valence-corrected chi connectivity index (χ4v) is 5.37. The average molecular weight is 506 g/mol. The summed E-state index contributed by atoms with van der Waals surface area (Å²) in [5.41, 5.74) is -0.672. The number of nitro groups is 1. The van der Waals surface area contributed by atoms with Gasteiger partial charge in [0.05, 0.1) is 11.0 Å². The van der Waals surface area contributed by atoms with Crippen molar-refractivity contribution < 1.29 is 38.3 Å². The third-order valence-corrected chi connectivity index (χ3v) is 7.11. The number of nitro benzene ring substituents is 1. The lowest BCUT2D eigenvalue weighted by Crippen LogP contribution is -2.69. The molecule has 1 N–H and O–H groups in total. The molecule has 1 aromatic rings. The predicted molar refractivity (Wildman–Crippen MR) is 121 cm³/mol. The van der Waals surface area contributed by atoms with Crippen molar-refractivity contribution in [2.45, 2.75) is 38.1 Å². The first kappa shape index (κ1) is 24.5. The lowest BCUT2D eigenvalue weighted by molar-refractivity contribution is -0.384. The highest BCUT2D eigenvalue weighted by molar-refractivity contribution is 8.03. The van der Waals surface area contributed by atoms with Crippen LogP contribution in [0.15, 0.2) is 35.2 Å². The summed E-state index contributed by atoms with van der Waals surface area (Å²) in [6.45, 7) is 3.19. The summed E-state index contributed by atoms with van der Waals surface area (Å²) < 4.78 is 15.6. The highest BCUT2D eigenvalue weighted by Gasteiger charge is 2.65. The number of rotatable bonds is 9. The highest BCUT2D eigenvalue weighted by Crippen LogP contribution is 2.48. The van der Waals surface area contributed by atoms with Gasteiger partial charge in [0.2, 0.25) is 11.8 Å². The third kappa shape index (κ3) is 4.81. The molecule has 2 amide bonds. The molecule has 0 aromatic heterocycles. The number of non-ortho nitro benzene ring substituents is 1. The molecule has 0 saturated carbocycles. The predicted octanol–water partition coefficient (Wildman–Crippen LogP) is 1.53. The number of esters is 1. The largest absolute Gasteiger partial charge is 0.509 e. The second-order valence-electron chi connectivity index (χ2n) is 8.50. The van der Waals surface area contributed by atoms with Gasteiger partial charge in [0.25, 0.3) is 5.69 Å². The number of hydrogen-bond acceptors (Lipinski definition) is 10. The van der Waals surface area contributed by atoms with Gasteiger partial charge in [-0.05, 0) is 30.7 Å². The number of nitrogens with one attached hydrogen (secondary N) is 1. The average Bonchev–Trinajstić information content (AvgIpc) is 3.31. The lowest BCUT2D eigenvalue weighted by atomic mass is 9.76. The first-order valence-electron chi connectivity index (χ1n) is 10.8. The van der Waals surface area contributed by atoms with Crippen molar-refractivity contribution in [1.82, 2.24) is 10.2 Å². The van der Waals surface area contributed by atoms with Crippen LogP contribution in [0.25, 0.3) is 0 Å². The van der Waals surface area contributed by atoms with E-state index in [1.165, 1.54) is 47.9 Å². The molecule has 2 fully saturated rings. The van der Waals surface area contributed by atoms with Crippen LogP contribution in [-0.4, -0.2) is 70.4 Å². The molecule has 0 bridgehead atoms. The molecule has 1 aromatic carbocycles. The molecule has 3 heterocycles. The normalized spacial score (nSPS) is 26.7. The minimum Gasteiger partial charge on any atom is -0.459 e. The molecule has 13 heteroatoms. The van der Waals surface area contributed by atoms with Gasteiger partial charge in [-0.1, -0.05) is 0 Å². The van der Waals surface area contributed by atoms with Crippen LogP contribution in [0.1, 0.15) is 19.4 Å². The summed E-state index contributed by atoms with van der Waals surface area (Å²) in [7, 11) is 0. The minimum atomic E-state index is -1.14. The first-order chi connectivity index (χ1) is 16.6. The second kappa shape index (κ2) is 9.56. The van der Waals surface area contributed by atoms with E-state index < -0.39 is 40.7 Å². The fourth-order valence-electron chi connectivity index (χ4n) is 4.33. The van der Waals surface area contributed by atoms with Crippen LogP contribution >= 0.6 is 11.8 Å². The standard InChI is InChI=1S/C22H23N3O9S/c1-12(26)23-7-8-35-16-9-15-17(22(2)11-33-21(29)34-22)19(27)24(15)18(16)20(28)32-10-13-3-5-14(6-4-13)25(30)31/h3-6,9,15,17-18H,7-8,10-11H2,1-2H3,(H,23,26). The van der Waals surface area contributed by atoms with E-state index in [9.17, 15) is 29.3 Å². The molecule has 0 radical (unpaired) electrons. The number of β-lactam (4-membered cyclic amide) rings is 1. The molecule has 12 nitrogen and oxygen atoms in total. The maximum atomic E-state index is 13.1. The molecule has 2 saturated heterocycles. The zero-order valence-corrected chi connectivity index (χ0v) is 19.7. The number of ether oxygens (including phenoxy) is 3. The number of nitrogens with zero attached hydrogens (tertiary/aromatic N) is 2. The molecule has 4 rings (SSSR count). The number of amides is 2. The van der Waals surface area contributed by atoms with Crippen LogP contribution < -0.4 is 5.32 Å². The van der Waals surface area contributed by atoms with Gasteiger partial charge in [-0.25, -0.2) is 9.59 Å². The van der Waals surface area contributed by atoms with Gasteiger partial charge in [-0.15, -0.1) is 11.8 Å². The van der Waals surface area contributed by atoms with Crippen molar-refractivity contribution in [1.29, 1.82) is 0 Å².